The first kappa shape index (κ1) is 12.4. The second-order valence-electron chi connectivity index (χ2n) is 4.45. The van der Waals surface area contributed by atoms with Crippen LogP contribution in [0.2, 0.25) is 0 Å². The minimum Gasteiger partial charge on any atom is -0.409 e. The Kier molecular flexibility index (Phi) is 3.50. The highest BCUT2D eigenvalue weighted by Crippen LogP contribution is 2.45. The predicted molar refractivity (Wildman–Crippen MR) is 64.9 cm³/mol. The molecule has 0 spiro atoms. The molecule has 1 amide bonds. The number of nitrogens with two attached hydrogens (primary N) is 1. The number of hydrogen-bond donors (Lipinski definition) is 3. The van der Waals surface area contributed by atoms with Crippen molar-refractivity contribution in [2.45, 2.75) is 25.8 Å². The molecule has 0 saturated heterocycles. The Morgan fingerprint density at radius 2 is 2.39 bits per heavy atom. The van der Waals surface area contributed by atoms with E-state index < -0.39 is 5.41 Å². The van der Waals surface area contributed by atoms with Gasteiger partial charge in [-0.25, -0.2) is 0 Å². The van der Waals surface area contributed by atoms with E-state index in [0.29, 0.717) is 19.4 Å². The number of nitrogens with zero attached hydrogens (tertiary/aromatic N) is 3. The molecule has 1 aromatic rings. The van der Waals surface area contributed by atoms with Gasteiger partial charge in [-0.2, -0.15) is 5.10 Å². The zero-order valence-electron chi connectivity index (χ0n) is 10.0. The number of carbonyl (C=O) groups excluding carboxylic acids is 1. The Hall–Kier alpha value is -2.05. The molecule has 1 saturated carbocycles. The van der Waals surface area contributed by atoms with Gasteiger partial charge in [-0.15, -0.1) is 0 Å². The van der Waals surface area contributed by atoms with Gasteiger partial charge in [0.05, 0.1) is 0 Å². The molecule has 4 N–H and O–H groups in total. The number of aryl methyl sites for hydroxylation is 1. The van der Waals surface area contributed by atoms with E-state index >= 15 is 0 Å². The first-order valence-electron chi connectivity index (χ1n) is 5.93. The van der Waals surface area contributed by atoms with Crippen LogP contribution in [0.5, 0.6) is 0 Å². The van der Waals surface area contributed by atoms with Crippen LogP contribution in [0.15, 0.2) is 23.6 Å². The molecule has 1 aliphatic carbocycles. The molecule has 0 aromatic carbocycles. The average molecular weight is 251 g/mol. The van der Waals surface area contributed by atoms with Gasteiger partial charge in [0.1, 0.15) is 5.41 Å². The Labute approximate surface area is 105 Å². The normalized spacial score (nSPS) is 17.4. The van der Waals surface area contributed by atoms with Crippen LogP contribution in [0.4, 0.5) is 0 Å². The molecule has 0 unspecified atom stereocenters. The van der Waals surface area contributed by atoms with E-state index in [1.165, 1.54) is 0 Å². The van der Waals surface area contributed by atoms with Gasteiger partial charge in [0.2, 0.25) is 5.91 Å². The highest BCUT2D eigenvalue weighted by Gasteiger charge is 2.53. The SMILES string of the molecule is N/C(=N/O)C1(C(=O)NCCCn2cccn2)CC1. The zero-order chi connectivity index (χ0) is 13.0. The van der Waals surface area contributed by atoms with Crippen molar-refractivity contribution in [1.29, 1.82) is 0 Å². The van der Waals surface area contributed by atoms with Crippen molar-refractivity contribution in [3.63, 3.8) is 0 Å². The number of oxime groups is 1. The van der Waals surface area contributed by atoms with Gasteiger partial charge in [0.25, 0.3) is 0 Å². The lowest BCUT2D eigenvalue weighted by molar-refractivity contribution is -0.124. The summed E-state index contributed by atoms with van der Waals surface area (Å²) in [5.41, 5.74) is 4.76. The topological polar surface area (TPSA) is 106 Å². The van der Waals surface area contributed by atoms with E-state index in [9.17, 15) is 4.79 Å². The van der Waals surface area contributed by atoms with Crippen molar-refractivity contribution in [2.24, 2.45) is 16.3 Å². The maximum absolute atomic E-state index is 11.9. The van der Waals surface area contributed by atoms with Crippen LogP contribution in [0.1, 0.15) is 19.3 Å². The summed E-state index contributed by atoms with van der Waals surface area (Å²) in [5, 5.41) is 18.4. The highest BCUT2D eigenvalue weighted by atomic mass is 16.4. The molecular formula is C11H17N5O2. The summed E-state index contributed by atoms with van der Waals surface area (Å²) in [6.45, 7) is 1.31. The summed E-state index contributed by atoms with van der Waals surface area (Å²) in [6.07, 6.45) is 5.68. The van der Waals surface area contributed by atoms with E-state index in [4.69, 9.17) is 10.9 Å². The number of hydrogen-bond acceptors (Lipinski definition) is 4. The fourth-order valence-corrected chi connectivity index (χ4v) is 1.87. The minimum atomic E-state index is -0.763. The van der Waals surface area contributed by atoms with Crippen molar-refractivity contribution in [3.8, 4) is 0 Å². The van der Waals surface area contributed by atoms with E-state index in [0.717, 1.165) is 13.0 Å². The molecule has 1 aliphatic rings. The second kappa shape index (κ2) is 5.07. The lowest BCUT2D eigenvalue weighted by Gasteiger charge is -2.13. The lowest BCUT2D eigenvalue weighted by atomic mass is 10.1. The summed E-state index contributed by atoms with van der Waals surface area (Å²) in [4.78, 5) is 11.9. The third-order valence-electron chi connectivity index (χ3n) is 3.19. The van der Waals surface area contributed by atoms with E-state index in [2.05, 4.69) is 15.6 Å². The van der Waals surface area contributed by atoms with Gasteiger partial charge in [-0.3, -0.25) is 9.48 Å². The zero-order valence-corrected chi connectivity index (χ0v) is 10.0. The molecule has 0 radical (unpaired) electrons. The fourth-order valence-electron chi connectivity index (χ4n) is 1.87. The molecule has 0 atom stereocenters. The summed E-state index contributed by atoms with van der Waals surface area (Å²) >= 11 is 0. The highest BCUT2D eigenvalue weighted by molar-refractivity contribution is 6.09. The maximum atomic E-state index is 11.9. The van der Waals surface area contributed by atoms with Crippen LogP contribution in [0.25, 0.3) is 0 Å². The lowest BCUT2D eigenvalue weighted by Crippen LogP contribution is -2.41. The van der Waals surface area contributed by atoms with E-state index in [1.54, 1.807) is 6.20 Å². The molecule has 1 fully saturated rings. The van der Waals surface area contributed by atoms with Crippen LogP contribution in [0, 0.1) is 5.41 Å². The second-order valence-corrected chi connectivity index (χ2v) is 4.45. The molecule has 0 aliphatic heterocycles. The maximum Gasteiger partial charge on any atom is 0.233 e. The van der Waals surface area contributed by atoms with Gasteiger partial charge in [-0.05, 0) is 25.3 Å². The average Bonchev–Trinajstić information content (AvgIpc) is 3.04. The van der Waals surface area contributed by atoms with Gasteiger partial charge in [-0.1, -0.05) is 5.16 Å². The largest absolute Gasteiger partial charge is 0.409 e. The number of rotatable bonds is 6. The number of nitrogens with one attached hydrogen (secondary N) is 1. The van der Waals surface area contributed by atoms with Crippen LogP contribution in [0.3, 0.4) is 0 Å². The first-order chi connectivity index (χ1) is 8.69. The van der Waals surface area contributed by atoms with Gasteiger partial charge >= 0.3 is 0 Å². The van der Waals surface area contributed by atoms with Crippen molar-refractivity contribution in [1.82, 2.24) is 15.1 Å². The van der Waals surface area contributed by atoms with Gasteiger partial charge < -0.3 is 16.3 Å². The molecule has 0 bridgehead atoms. The molecule has 7 nitrogen and oxygen atoms in total. The number of amides is 1. The Bertz CT molecular complexity index is 436. The molecule has 7 heteroatoms. The van der Waals surface area contributed by atoms with Crippen molar-refractivity contribution < 1.29 is 10.0 Å². The number of aromatic nitrogens is 2. The quantitative estimate of drug-likeness (QED) is 0.216. The third-order valence-corrected chi connectivity index (χ3v) is 3.19. The van der Waals surface area contributed by atoms with Crippen LogP contribution < -0.4 is 11.1 Å². The van der Waals surface area contributed by atoms with Crippen molar-refractivity contribution in [2.75, 3.05) is 6.54 Å². The van der Waals surface area contributed by atoms with Gasteiger partial charge in [0, 0.05) is 25.5 Å². The molecule has 1 aromatic heterocycles. The standard InChI is InChI=1S/C11H17N5O2/c12-9(15-18)11(3-4-11)10(17)13-5-1-7-16-8-2-6-14-16/h2,6,8,18H,1,3-5,7H2,(H2,12,15)(H,13,17). The number of amidine groups is 1. The minimum absolute atomic E-state index is 0.00655. The fraction of sp³-hybridized carbons (Fsp3) is 0.545. The summed E-state index contributed by atoms with van der Waals surface area (Å²) in [5.74, 6) is -0.148. The summed E-state index contributed by atoms with van der Waals surface area (Å²) in [7, 11) is 0. The van der Waals surface area contributed by atoms with Crippen LogP contribution in [-0.2, 0) is 11.3 Å². The molecule has 18 heavy (non-hydrogen) atoms. The van der Waals surface area contributed by atoms with Crippen LogP contribution >= 0.6 is 0 Å². The molecule has 98 valence electrons. The predicted octanol–water partition coefficient (Wildman–Crippen LogP) is -0.0840. The Balaban J connectivity index is 1.73. The monoisotopic (exact) mass is 251 g/mol. The van der Waals surface area contributed by atoms with Crippen LogP contribution in [-0.4, -0.2) is 33.3 Å². The molecule has 2 rings (SSSR count). The smallest absolute Gasteiger partial charge is 0.233 e. The Morgan fingerprint density at radius 1 is 1.61 bits per heavy atom. The summed E-state index contributed by atoms with van der Waals surface area (Å²) < 4.78 is 1.81. The Morgan fingerprint density at radius 3 is 2.94 bits per heavy atom. The molecule has 1 heterocycles. The number of carbonyl (C=O) groups is 1. The summed E-state index contributed by atoms with van der Waals surface area (Å²) in [6, 6.07) is 1.86. The van der Waals surface area contributed by atoms with E-state index in [1.807, 2.05) is 16.9 Å². The molecular weight excluding hydrogens is 234 g/mol. The van der Waals surface area contributed by atoms with Gasteiger partial charge in [0.15, 0.2) is 5.84 Å². The van der Waals surface area contributed by atoms with Crippen molar-refractivity contribution >= 4 is 11.7 Å². The van der Waals surface area contributed by atoms with E-state index in [-0.39, 0.29) is 11.7 Å². The third kappa shape index (κ3) is 2.44. The first-order valence-corrected chi connectivity index (χ1v) is 5.93. The van der Waals surface area contributed by atoms with Crippen molar-refractivity contribution in [3.05, 3.63) is 18.5 Å².